The van der Waals surface area contributed by atoms with Crippen LogP contribution in [0.15, 0.2) is 36.5 Å². The molecular weight excluding hydrogens is 661 g/mol. The average molecular weight is 742 g/mol. The Balaban J connectivity index is 4.04. The molecule has 0 aliphatic rings. The molecule has 0 aromatic rings. The zero-order valence-electron chi connectivity index (χ0n) is 33.1. The number of carbonyl (C=O) groups excluding carboxylic acids is 1. The van der Waals surface area contributed by atoms with E-state index < -0.39 is 13.9 Å². The minimum absolute atomic E-state index is 0.0976. The highest BCUT2D eigenvalue weighted by Gasteiger charge is 2.25. The van der Waals surface area contributed by atoms with Crippen LogP contribution in [-0.4, -0.2) is 49.9 Å². The number of esters is 1. The summed E-state index contributed by atoms with van der Waals surface area (Å²) in [6, 6.07) is 0. The average Bonchev–Trinajstić information content (AvgIpc) is 3.12. The molecule has 0 aromatic heterocycles. The molecule has 3 N–H and O–H groups in total. The minimum atomic E-state index is -4.27. The molecule has 0 heterocycles. The van der Waals surface area contributed by atoms with Crippen LogP contribution in [0.2, 0.25) is 0 Å². The van der Waals surface area contributed by atoms with Crippen molar-refractivity contribution < 1.29 is 32.8 Å². The van der Waals surface area contributed by atoms with E-state index in [2.05, 4.69) is 50.3 Å². The second-order valence-corrected chi connectivity index (χ2v) is 15.3. The fraction of sp³-hybridized carbons (Fsp3) is 0.833. The lowest BCUT2D eigenvalue weighted by atomic mass is 10.1. The Morgan fingerprint density at radius 3 is 1.55 bits per heavy atom. The third kappa shape index (κ3) is 39.8. The van der Waals surface area contributed by atoms with Gasteiger partial charge in [-0.05, 0) is 70.6 Å². The molecule has 0 spiro atoms. The Morgan fingerprint density at radius 1 is 0.588 bits per heavy atom. The molecule has 0 aromatic carbocycles. The van der Waals surface area contributed by atoms with Crippen molar-refractivity contribution in [1.29, 1.82) is 0 Å². The number of rotatable bonds is 40. The van der Waals surface area contributed by atoms with Gasteiger partial charge in [-0.2, -0.15) is 0 Å². The smallest absolute Gasteiger partial charge is 0.457 e. The summed E-state index contributed by atoms with van der Waals surface area (Å²) in [6.07, 6.45) is 44.4. The predicted octanol–water partition coefficient (Wildman–Crippen LogP) is 12.2. The van der Waals surface area contributed by atoms with Crippen LogP contribution >= 0.6 is 7.82 Å². The van der Waals surface area contributed by atoms with Crippen molar-refractivity contribution in [3.05, 3.63) is 36.5 Å². The molecule has 2 unspecified atom stereocenters. The first-order valence-corrected chi connectivity index (χ1v) is 22.5. The van der Waals surface area contributed by atoms with E-state index in [1.165, 1.54) is 128 Å². The zero-order valence-corrected chi connectivity index (χ0v) is 34.0. The number of carbonyl (C=O) groups is 1. The first-order chi connectivity index (χ1) is 24.9. The lowest BCUT2D eigenvalue weighted by molar-refractivity contribution is -0.154. The number of phosphoric ester groups is 1. The van der Waals surface area contributed by atoms with Crippen LogP contribution in [-0.2, 0) is 27.9 Å². The van der Waals surface area contributed by atoms with Gasteiger partial charge in [-0.15, -0.1) is 0 Å². The number of unbranched alkanes of at least 4 members (excludes halogenated alkanes) is 21. The van der Waals surface area contributed by atoms with Crippen LogP contribution < -0.4 is 5.73 Å². The van der Waals surface area contributed by atoms with Gasteiger partial charge in [-0.3, -0.25) is 13.8 Å². The van der Waals surface area contributed by atoms with E-state index in [4.69, 9.17) is 24.3 Å². The van der Waals surface area contributed by atoms with Gasteiger partial charge in [-0.25, -0.2) is 4.57 Å². The largest absolute Gasteiger partial charge is 0.472 e. The lowest BCUT2D eigenvalue weighted by Crippen LogP contribution is -2.28. The molecule has 0 saturated carbocycles. The van der Waals surface area contributed by atoms with Gasteiger partial charge in [0.15, 0.2) is 0 Å². The molecule has 0 aliphatic carbocycles. The van der Waals surface area contributed by atoms with E-state index in [0.717, 1.165) is 38.5 Å². The van der Waals surface area contributed by atoms with E-state index in [-0.39, 0.29) is 32.3 Å². The summed E-state index contributed by atoms with van der Waals surface area (Å²) in [5.74, 6) is -0.337. The summed E-state index contributed by atoms with van der Waals surface area (Å²) in [5.41, 5.74) is 5.36. The van der Waals surface area contributed by atoms with Crippen LogP contribution in [0.4, 0.5) is 0 Å². The molecule has 2 atom stereocenters. The molecule has 0 amide bonds. The standard InChI is InChI=1S/C42H80NO7P/c1-3-5-7-9-11-13-15-17-18-19-20-21-22-23-25-27-29-31-33-35-42(44)50-41(40-49-51(45,46)48-38-36-43)39-47-37-34-32-30-28-26-24-16-14-12-10-8-6-4-2/h11-14,17-18,41H,3-10,15-16,19-40,43H2,1-2H3,(H,45,46)/b13-11-,14-12-,18-17-. The summed E-state index contributed by atoms with van der Waals surface area (Å²) < 4.78 is 33.4. The quantitative estimate of drug-likeness (QED) is 0.0276. The molecule has 9 heteroatoms. The normalized spacial score (nSPS) is 13.9. The number of hydrogen-bond acceptors (Lipinski definition) is 7. The third-order valence-electron chi connectivity index (χ3n) is 8.78. The van der Waals surface area contributed by atoms with Crippen LogP contribution in [0.25, 0.3) is 0 Å². The van der Waals surface area contributed by atoms with E-state index in [1.54, 1.807) is 0 Å². The maximum Gasteiger partial charge on any atom is 0.472 e. The van der Waals surface area contributed by atoms with E-state index in [9.17, 15) is 14.3 Å². The van der Waals surface area contributed by atoms with Crippen molar-refractivity contribution in [2.75, 3.05) is 33.0 Å². The highest BCUT2D eigenvalue weighted by molar-refractivity contribution is 7.47. The van der Waals surface area contributed by atoms with Crippen molar-refractivity contribution in [1.82, 2.24) is 0 Å². The summed E-state index contributed by atoms with van der Waals surface area (Å²) in [5, 5.41) is 0. The predicted molar refractivity (Wildman–Crippen MR) is 215 cm³/mol. The molecule has 0 bridgehead atoms. The van der Waals surface area contributed by atoms with Gasteiger partial charge in [-0.1, -0.05) is 147 Å². The summed E-state index contributed by atoms with van der Waals surface area (Å²) >= 11 is 0. The second-order valence-electron chi connectivity index (χ2n) is 13.8. The number of hydrogen-bond donors (Lipinski definition) is 2. The molecule has 300 valence electrons. The van der Waals surface area contributed by atoms with Crippen molar-refractivity contribution in [3.63, 3.8) is 0 Å². The van der Waals surface area contributed by atoms with Crippen molar-refractivity contribution in [3.8, 4) is 0 Å². The van der Waals surface area contributed by atoms with E-state index in [1.807, 2.05) is 0 Å². The maximum atomic E-state index is 12.6. The van der Waals surface area contributed by atoms with Crippen molar-refractivity contribution in [2.45, 2.75) is 193 Å². The first kappa shape index (κ1) is 49.7. The number of nitrogens with two attached hydrogens (primary N) is 1. The fourth-order valence-electron chi connectivity index (χ4n) is 5.67. The van der Waals surface area contributed by atoms with Gasteiger partial charge in [0.2, 0.25) is 0 Å². The number of phosphoric acid groups is 1. The highest BCUT2D eigenvalue weighted by atomic mass is 31.2. The molecule has 0 fully saturated rings. The molecular formula is C42H80NO7P. The Labute approximate surface area is 314 Å². The zero-order chi connectivity index (χ0) is 37.4. The molecule has 0 rings (SSSR count). The Kier molecular flexibility index (Phi) is 38.9. The highest BCUT2D eigenvalue weighted by Crippen LogP contribution is 2.43. The van der Waals surface area contributed by atoms with E-state index in [0.29, 0.717) is 13.0 Å². The monoisotopic (exact) mass is 742 g/mol. The van der Waals surface area contributed by atoms with Crippen LogP contribution in [0.3, 0.4) is 0 Å². The Hall–Kier alpha value is -1.28. The van der Waals surface area contributed by atoms with Gasteiger partial charge >= 0.3 is 13.8 Å². The number of allylic oxidation sites excluding steroid dienone is 6. The van der Waals surface area contributed by atoms with Gasteiger partial charge < -0.3 is 20.1 Å². The molecule has 0 aliphatic heterocycles. The summed E-state index contributed by atoms with van der Waals surface area (Å²) in [6.45, 7) is 4.86. The Bertz CT molecular complexity index is 879. The topological polar surface area (TPSA) is 117 Å². The van der Waals surface area contributed by atoms with Crippen LogP contribution in [0.1, 0.15) is 187 Å². The SMILES string of the molecule is CCCCC/C=C\C/C=C\CCCCCCCCCCCC(=O)OC(COCCCCCCCC/C=C\CCCCC)COP(=O)(O)OCCN. The number of ether oxygens (including phenoxy) is 2. The van der Waals surface area contributed by atoms with Crippen molar-refractivity contribution in [2.24, 2.45) is 5.73 Å². The third-order valence-corrected chi connectivity index (χ3v) is 9.76. The molecule has 0 radical (unpaired) electrons. The molecule has 51 heavy (non-hydrogen) atoms. The Morgan fingerprint density at radius 2 is 1.04 bits per heavy atom. The summed E-state index contributed by atoms with van der Waals surface area (Å²) in [4.78, 5) is 22.4. The van der Waals surface area contributed by atoms with Gasteiger partial charge in [0.1, 0.15) is 6.10 Å². The first-order valence-electron chi connectivity index (χ1n) is 21.0. The van der Waals surface area contributed by atoms with Gasteiger partial charge in [0.05, 0.1) is 19.8 Å². The van der Waals surface area contributed by atoms with Gasteiger partial charge in [0, 0.05) is 19.6 Å². The van der Waals surface area contributed by atoms with Crippen LogP contribution in [0.5, 0.6) is 0 Å². The fourth-order valence-corrected chi connectivity index (χ4v) is 6.43. The van der Waals surface area contributed by atoms with Crippen molar-refractivity contribution >= 4 is 13.8 Å². The molecule has 8 nitrogen and oxygen atoms in total. The second kappa shape index (κ2) is 39.9. The lowest BCUT2D eigenvalue weighted by Gasteiger charge is -2.20. The maximum absolute atomic E-state index is 12.6. The van der Waals surface area contributed by atoms with E-state index >= 15 is 0 Å². The summed E-state index contributed by atoms with van der Waals surface area (Å²) in [7, 11) is -4.27. The van der Waals surface area contributed by atoms with Crippen LogP contribution in [0, 0.1) is 0 Å². The minimum Gasteiger partial charge on any atom is -0.457 e. The van der Waals surface area contributed by atoms with Gasteiger partial charge in [0.25, 0.3) is 0 Å². The molecule has 0 saturated heterocycles.